The van der Waals surface area contributed by atoms with E-state index >= 15 is 4.39 Å². The van der Waals surface area contributed by atoms with Crippen molar-refractivity contribution in [2.75, 3.05) is 5.73 Å². The van der Waals surface area contributed by atoms with Gasteiger partial charge in [0.2, 0.25) is 0 Å². The van der Waals surface area contributed by atoms with E-state index in [0.29, 0.717) is 41.3 Å². The number of nitrogens with two attached hydrogens (primary N) is 1. The van der Waals surface area contributed by atoms with Crippen LogP contribution in [-0.4, -0.2) is 43.1 Å². The number of anilines is 1. The fourth-order valence-corrected chi connectivity index (χ4v) is 4.86. The second-order valence-electron chi connectivity index (χ2n) is 9.52. The summed E-state index contributed by atoms with van der Waals surface area (Å²) in [6.45, 7) is 9.12. The quantitative estimate of drug-likeness (QED) is 0.482. The molecule has 3 aromatic rings. The van der Waals surface area contributed by atoms with Gasteiger partial charge in [-0.1, -0.05) is 18.5 Å². The van der Waals surface area contributed by atoms with Gasteiger partial charge in [-0.25, -0.2) is 14.4 Å². The average molecular weight is 490 g/mol. The number of nitrogens with one attached hydrogen (secondary N) is 1. The SMILES string of the molecule is Cc1nc([C@@H](C)c2cc(Cl)c(F)c(C(=O)N[C@]3(C)C[C@@H](O)C3)c2OC(C)C)n2ccnc(N)c12. The van der Waals surface area contributed by atoms with Crippen LogP contribution in [0.4, 0.5) is 10.2 Å². The van der Waals surface area contributed by atoms with E-state index in [2.05, 4.69) is 15.3 Å². The number of fused-ring (bicyclic) bond motifs is 1. The molecule has 1 fully saturated rings. The fourth-order valence-electron chi connectivity index (χ4n) is 4.65. The van der Waals surface area contributed by atoms with Gasteiger partial charge in [-0.05, 0) is 46.6 Å². The molecular weight excluding hydrogens is 461 g/mol. The van der Waals surface area contributed by atoms with Crippen molar-refractivity contribution in [3.8, 4) is 5.75 Å². The second-order valence-corrected chi connectivity index (χ2v) is 9.92. The highest BCUT2D eigenvalue weighted by Crippen LogP contribution is 2.41. The molecule has 0 saturated heterocycles. The van der Waals surface area contributed by atoms with E-state index in [1.54, 1.807) is 26.2 Å². The maximum absolute atomic E-state index is 15.3. The number of ether oxygens (including phenoxy) is 1. The molecule has 8 nitrogen and oxygen atoms in total. The van der Waals surface area contributed by atoms with Crippen LogP contribution in [0.5, 0.6) is 5.75 Å². The summed E-state index contributed by atoms with van der Waals surface area (Å²) >= 11 is 6.29. The predicted octanol–water partition coefficient (Wildman–Crippen LogP) is 3.99. The van der Waals surface area contributed by atoms with Crippen LogP contribution >= 0.6 is 11.6 Å². The number of carbonyl (C=O) groups is 1. The molecule has 1 amide bonds. The van der Waals surface area contributed by atoms with E-state index in [4.69, 9.17) is 22.1 Å². The number of hydrogen-bond donors (Lipinski definition) is 3. The van der Waals surface area contributed by atoms with E-state index in [1.165, 1.54) is 6.07 Å². The van der Waals surface area contributed by atoms with Crippen LogP contribution in [0.3, 0.4) is 0 Å². The third kappa shape index (κ3) is 4.18. The molecule has 1 atom stereocenters. The Kier molecular flexibility index (Phi) is 6.20. The molecule has 0 radical (unpaired) electrons. The maximum Gasteiger partial charge on any atom is 0.258 e. The maximum atomic E-state index is 15.3. The summed E-state index contributed by atoms with van der Waals surface area (Å²) in [7, 11) is 0. The average Bonchev–Trinajstić information content (AvgIpc) is 3.06. The molecule has 2 heterocycles. The largest absolute Gasteiger partial charge is 0.490 e. The van der Waals surface area contributed by atoms with Gasteiger partial charge in [0.1, 0.15) is 28.5 Å². The number of rotatable bonds is 6. The number of aliphatic hydroxyl groups is 1. The highest BCUT2D eigenvalue weighted by atomic mass is 35.5. The third-order valence-electron chi connectivity index (χ3n) is 6.21. The molecule has 1 aromatic carbocycles. The van der Waals surface area contributed by atoms with Crippen LogP contribution < -0.4 is 15.8 Å². The highest BCUT2D eigenvalue weighted by molar-refractivity contribution is 6.31. The number of aromatic nitrogens is 3. The highest BCUT2D eigenvalue weighted by Gasteiger charge is 2.42. The van der Waals surface area contributed by atoms with Crippen molar-refractivity contribution in [1.82, 2.24) is 19.7 Å². The van der Waals surface area contributed by atoms with Crippen molar-refractivity contribution in [3.05, 3.63) is 51.9 Å². The second kappa shape index (κ2) is 8.70. The minimum Gasteiger partial charge on any atom is -0.490 e. The minimum absolute atomic E-state index is 0.113. The van der Waals surface area contributed by atoms with Crippen molar-refractivity contribution in [1.29, 1.82) is 0 Å². The first-order valence-corrected chi connectivity index (χ1v) is 11.6. The van der Waals surface area contributed by atoms with Gasteiger partial charge in [0, 0.05) is 29.4 Å². The van der Waals surface area contributed by atoms with Crippen molar-refractivity contribution < 1.29 is 19.0 Å². The predicted molar refractivity (Wildman–Crippen MR) is 128 cm³/mol. The minimum atomic E-state index is -0.855. The van der Waals surface area contributed by atoms with Crippen molar-refractivity contribution >= 4 is 28.8 Å². The first-order chi connectivity index (χ1) is 15.9. The number of nitrogens with zero attached hydrogens (tertiary/aromatic N) is 3. The molecule has 0 spiro atoms. The Hall–Kier alpha value is -2.91. The number of amides is 1. The Bertz CT molecular complexity index is 1270. The molecule has 1 saturated carbocycles. The number of carbonyl (C=O) groups excluding carboxylic acids is 1. The lowest BCUT2D eigenvalue weighted by Crippen LogP contribution is -2.57. The van der Waals surface area contributed by atoms with Crippen LogP contribution in [0.1, 0.15) is 73.9 Å². The van der Waals surface area contributed by atoms with Crippen LogP contribution in [-0.2, 0) is 0 Å². The van der Waals surface area contributed by atoms with Gasteiger partial charge >= 0.3 is 0 Å². The van der Waals surface area contributed by atoms with Crippen molar-refractivity contribution in [2.24, 2.45) is 0 Å². The molecule has 0 bridgehead atoms. The molecule has 2 aromatic heterocycles. The Labute approximate surface area is 202 Å². The van der Waals surface area contributed by atoms with E-state index in [-0.39, 0.29) is 22.4 Å². The number of benzene rings is 1. The molecule has 10 heteroatoms. The zero-order valence-electron chi connectivity index (χ0n) is 19.8. The number of halogens is 2. The van der Waals surface area contributed by atoms with E-state index in [9.17, 15) is 9.90 Å². The monoisotopic (exact) mass is 489 g/mol. The molecule has 1 aliphatic rings. The van der Waals surface area contributed by atoms with Crippen LogP contribution in [0, 0.1) is 12.7 Å². The van der Waals surface area contributed by atoms with E-state index in [1.807, 2.05) is 25.2 Å². The fraction of sp³-hybridized carbons (Fsp3) is 0.458. The third-order valence-corrected chi connectivity index (χ3v) is 6.48. The number of imidazole rings is 1. The Morgan fingerprint density at radius 3 is 2.71 bits per heavy atom. The molecule has 0 aliphatic heterocycles. The molecule has 0 unspecified atom stereocenters. The van der Waals surface area contributed by atoms with Gasteiger partial charge in [0.15, 0.2) is 5.82 Å². The zero-order chi connectivity index (χ0) is 24.9. The summed E-state index contributed by atoms with van der Waals surface area (Å²) in [5.74, 6) is -0.844. The number of aliphatic hydroxyl groups excluding tert-OH is 1. The van der Waals surface area contributed by atoms with Crippen LogP contribution in [0.15, 0.2) is 18.5 Å². The first kappa shape index (κ1) is 24.2. The molecule has 4 rings (SSSR count). The van der Waals surface area contributed by atoms with Crippen LogP contribution in [0.25, 0.3) is 5.52 Å². The number of aryl methyl sites for hydroxylation is 1. The van der Waals surface area contributed by atoms with Gasteiger partial charge in [0.05, 0.1) is 22.9 Å². The normalized spacial score (nSPS) is 20.9. The summed E-state index contributed by atoms with van der Waals surface area (Å²) in [6.07, 6.45) is 3.28. The van der Waals surface area contributed by atoms with Crippen molar-refractivity contribution in [3.63, 3.8) is 0 Å². The molecule has 4 N–H and O–H groups in total. The lowest BCUT2D eigenvalue weighted by Gasteiger charge is -2.43. The Morgan fingerprint density at radius 2 is 2.09 bits per heavy atom. The molecule has 34 heavy (non-hydrogen) atoms. The zero-order valence-corrected chi connectivity index (χ0v) is 20.6. The number of nitrogen functional groups attached to an aromatic ring is 1. The number of hydrogen-bond acceptors (Lipinski definition) is 6. The van der Waals surface area contributed by atoms with Gasteiger partial charge in [-0.15, -0.1) is 0 Å². The summed E-state index contributed by atoms with van der Waals surface area (Å²) < 4.78 is 23.2. The summed E-state index contributed by atoms with van der Waals surface area (Å²) in [6, 6.07) is 1.48. The molecular formula is C24H29ClFN5O3. The Morgan fingerprint density at radius 1 is 1.41 bits per heavy atom. The van der Waals surface area contributed by atoms with Gasteiger partial charge < -0.3 is 20.9 Å². The molecule has 182 valence electrons. The van der Waals surface area contributed by atoms with Gasteiger partial charge in [-0.2, -0.15) is 0 Å². The summed E-state index contributed by atoms with van der Waals surface area (Å²) in [5.41, 5.74) is 7.06. The van der Waals surface area contributed by atoms with E-state index in [0.717, 1.165) is 0 Å². The Balaban J connectivity index is 1.86. The van der Waals surface area contributed by atoms with Gasteiger partial charge in [0.25, 0.3) is 5.91 Å². The smallest absolute Gasteiger partial charge is 0.258 e. The first-order valence-electron chi connectivity index (χ1n) is 11.2. The lowest BCUT2D eigenvalue weighted by atomic mass is 9.76. The summed E-state index contributed by atoms with van der Waals surface area (Å²) in [4.78, 5) is 22.1. The van der Waals surface area contributed by atoms with Crippen LogP contribution in [0.2, 0.25) is 5.02 Å². The molecule has 1 aliphatic carbocycles. The topological polar surface area (TPSA) is 115 Å². The lowest BCUT2D eigenvalue weighted by molar-refractivity contribution is 0.0126. The van der Waals surface area contributed by atoms with Crippen molar-refractivity contribution in [2.45, 2.75) is 71.1 Å². The van der Waals surface area contributed by atoms with Gasteiger partial charge in [-0.3, -0.25) is 9.20 Å². The van der Waals surface area contributed by atoms with E-state index < -0.39 is 29.3 Å². The standard InChI is InChI=1S/C24H29ClFN5O3/c1-11(2)34-20-15(12(3)22-29-13(4)19-21(27)28-6-7-31(19)22)8-16(25)18(26)17(20)23(33)30-24(5)9-14(32)10-24/h6-8,11-12,14,32H,9-10H2,1-5H3,(H2,27,28)(H,30,33)/t12-,14-,24-/m0/s1. The summed E-state index contributed by atoms with van der Waals surface area (Å²) in [5, 5.41) is 12.3.